The molecular weight excluding hydrogens is 366 g/mol. The number of aromatic nitrogens is 3. The van der Waals surface area contributed by atoms with Crippen molar-refractivity contribution in [3.63, 3.8) is 0 Å². The van der Waals surface area contributed by atoms with Gasteiger partial charge in [-0.25, -0.2) is 0 Å². The standard InChI is InChI=1S/C18H23N5OS2/c1-4-7-23-12(3)21-22-18(23)25-10-16(24)20-17-14(9-19)13-6-5-11(2)8-15(13)26-17/h11H,4-8,10H2,1-3H3,(H,20,24)/t11-/m1/s1. The third-order valence-electron chi connectivity index (χ3n) is 4.56. The molecule has 0 saturated heterocycles. The van der Waals surface area contributed by atoms with Gasteiger partial charge in [0.2, 0.25) is 5.91 Å². The summed E-state index contributed by atoms with van der Waals surface area (Å²) in [5.74, 6) is 1.65. The van der Waals surface area contributed by atoms with Gasteiger partial charge in [0.1, 0.15) is 16.9 Å². The number of hydrogen-bond acceptors (Lipinski definition) is 6. The van der Waals surface area contributed by atoms with Crippen molar-refractivity contribution in [1.82, 2.24) is 14.8 Å². The van der Waals surface area contributed by atoms with Crippen LogP contribution < -0.4 is 5.32 Å². The van der Waals surface area contributed by atoms with E-state index in [2.05, 4.69) is 35.4 Å². The van der Waals surface area contributed by atoms with Crippen molar-refractivity contribution in [3.8, 4) is 6.07 Å². The third kappa shape index (κ3) is 3.94. The van der Waals surface area contributed by atoms with Crippen LogP contribution in [-0.2, 0) is 24.2 Å². The first-order valence-corrected chi connectivity index (χ1v) is 10.7. The lowest BCUT2D eigenvalue weighted by Gasteiger charge is -2.17. The SMILES string of the molecule is CCCn1c(C)nnc1SCC(=O)Nc1sc2c(c1C#N)CC[C@@H](C)C2. The molecule has 1 amide bonds. The number of carbonyl (C=O) groups excluding carboxylic acids is 1. The summed E-state index contributed by atoms with van der Waals surface area (Å²) in [6.45, 7) is 7.10. The highest BCUT2D eigenvalue weighted by molar-refractivity contribution is 7.99. The van der Waals surface area contributed by atoms with Gasteiger partial charge in [0.05, 0.1) is 11.3 Å². The molecule has 0 spiro atoms. The van der Waals surface area contributed by atoms with Crippen LogP contribution in [0.3, 0.4) is 0 Å². The second-order valence-corrected chi connectivity index (χ2v) is 8.73. The van der Waals surface area contributed by atoms with Gasteiger partial charge in [-0.15, -0.1) is 21.5 Å². The molecule has 0 bridgehead atoms. The van der Waals surface area contributed by atoms with Gasteiger partial charge in [-0.05, 0) is 44.1 Å². The van der Waals surface area contributed by atoms with E-state index >= 15 is 0 Å². The maximum absolute atomic E-state index is 12.4. The Hall–Kier alpha value is -1.85. The molecule has 2 heterocycles. The van der Waals surface area contributed by atoms with Crippen LogP contribution in [0.1, 0.15) is 48.5 Å². The van der Waals surface area contributed by atoms with E-state index in [9.17, 15) is 10.1 Å². The molecule has 0 unspecified atom stereocenters. The summed E-state index contributed by atoms with van der Waals surface area (Å²) in [6.07, 6.45) is 4.02. The van der Waals surface area contributed by atoms with E-state index in [0.29, 0.717) is 16.5 Å². The fraction of sp³-hybridized carbons (Fsp3) is 0.556. The fourth-order valence-corrected chi connectivity index (χ4v) is 5.39. The fourth-order valence-electron chi connectivity index (χ4n) is 3.20. The molecule has 2 aromatic rings. The molecular formula is C18H23N5OS2. The van der Waals surface area contributed by atoms with Crippen LogP contribution in [0.5, 0.6) is 0 Å². The zero-order chi connectivity index (χ0) is 18.7. The topological polar surface area (TPSA) is 83.6 Å². The molecule has 0 radical (unpaired) electrons. The van der Waals surface area contributed by atoms with Crippen LogP contribution in [0.2, 0.25) is 0 Å². The van der Waals surface area contributed by atoms with Crippen molar-refractivity contribution in [2.75, 3.05) is 11.1 Å². The summed E-state index contributed by atoms with van der Waals surface area (Å²) in [7, 11) is 0. The van der Waals surface area contributed by atoms with Crippen molar-refractivity contribution in [2.24, 2.45) is 5.92 Å². The number of aryl methyl sites for hydroxylation is 1. The Labute approximate surface area is 162 Å². The van der Waals surface area contributed by atoms with Crippen LogP contribution in [0.4, 0.5) is 5.00 Å². The molecule has 1 aliphatic rings. The Morgan fingerprint density at radius 2 is 2.31 bits per heavy atom. The van der Waals surface area contributed by atoms with Gasteiger partial charge in [0, 0.05) is 11.4 Å². The zero-order valence-electron chi connectivity index (χ0n) is 15.3. The molecule has 2 aromatic heterocycles. The van der Waals surface area contributed by atoms with E-state index in [0.717, 1.165) is 48.8 Å². The number of hydrogen-bond donors (Lipinski definition) is 1. The zero-order valence-corrected chi connectivity index (χ0v) is 17.0. The van der Waals surface area contributed by atoms with Crippen molar-refractivity contribution >= 4 is 34.0 Å². The number of thioether (sulfide) groups is 1. The quantitative estimate of drug-likeness (QED) is 0.760. The first-order chi connectivity index (χ1) is 12.5. The monoisotopic (exact) mass is 389 g/mol. The minimum Gasteiger partial charge on any atom is -0.316 e. The van der Waals surface area contributed by atoms with E-state index in [4.69, 9.17) is 0 Å². The lowest BCUT2D eigenvalue weighted by Crippen LogP contribution is -2.15. The molecule has 8 heteroatoms. The number of amides is 1. The largest absolute Gasteiger partial charge is 0.316 e. The summed E-state index contributed by atoms with van der Waals surface area (Å²) in [5.41, 5.74) is 1.79. The summed E-state index contributed by atoms with van der Waals surface area (Å²) in [4.78, 5) is 13.7. The maximum Gasteiger partial charge on any atom is 0.235 e. The number of nitriles is 1. The molecule has 0 aromatic carbocycles. The minimum absolute atomic E-state index is 0.109. The van der Waals surface area contributed by atoms with Crippen molar-refractivity contribution in [3.05, 3.63) is 21.8 Å². The van der Waals surface area contributed by atoms with Crippen LogP contribution in [0, 0.1) is 24.2 Å². The smallest absolute Gasteiger partial charge is 0.235 e. The summed E-state index contributed by atoms with van der Waals surface area (Å²) in [6, 6.07) is 2.29. The molecule has 0 saturated carbocycles. The van der Waals surface area contributed by atoms with Gasteiger partial charge in [0.15, 0.2) is 5.16 Å². The Balaban J connectivity index is 1.67. The highest BCUT2D eigenvalue weighted by Gasteiger charge is 2.24. The lowest BCUT2D eigenvalue weighted by atomic mass is 9.89. The Morgan fingerprint density at radius 3 is 3.04 bits per heavy atom. The number of nitrogens with zero attached hydrogens (tertiary/aromatic N) is 4. The number of fused-ring (bicyclic) bond motifs is 1. The Bertz CT molecular complexity index is 849. The maximum atomic E-state index is 12.4. The van der Waals surface area contributed by atoms with Gasteiger partial charge in [-0.2, -0.15) is 5.26 Å². The van der Waals surface area contributed by atoms with Crippen LogP contribution in [-0.4, -0.2) is 26.4 Å². The molecule has 6 nitrogen and oxygen atoms in total. The second kappa shape index (κ2) is 8.23. The van der Waals surface area contributed by atoms with Crippen molar-refractivity contribution in [1.29, 1.82) is 5.26 Å². The Kier molecular flexibility index (Phi) is 5.99. The minimum atomic E-state index is -0.109. The summed E-state index contributed by atoms with van der Waals surface area (Å²) < 4.78 is 2.03. The van der Waals surface area contributed by atoms with Crippen LogP contribution in [0.25, 0.3) is 0 Å². The van der Waals surface area contributed by atoms with Crippen molar-refractivity contribution in [2.45, 2.75) is 58.2 Å². The van der Waals surface area contributed by atoms with Gasteiger partial charge >= 0.3 is 0 Å². The first kappa shape index (κ1) is 18.9. The second-order valence-electron chi connectivity index (χ2n) is 6.69. The van der Waals surface area contributed by atoms with Crippen LogP contribution >= 0.6 is 23.1 Å². The molecule has 3 rings (SSSR count). The van der Waals surface area contributed by atoms with Gasteiger partial charge in [-0.3, -0.25) is 4.79 Å². The Morgan fingerprint density at radius 1 is 1.50 bits per heavy atom. The molecule has 26 heavy (non-hydrogen) atoms. The molecule has 1 N–H and O–H groups in total. The van der Waals surface area contributed by atoms with E-state index in [1.165, 1.54) is 16.6 Å². The summed E-state index contributed by atoms with van der Waals surface area (Å²) >= 11 is 2.94. The normalized spacial score (nSPS) is 16.2. The number of thiophene rings is 1. The van der Waals surface area contributed by atoms with E-state index < -0.39 is 0 Å². The summed E-state index contributed by atoms with van der Waals surface area (Å²) in [5, 5.41) is 22.2. The average molecular weight is 390 g/mol. The number of anilines is 1. The average Bonchev–Trinajstić information content (AvgIpc) is 3.13. The predicted octanol–water partition coefficient (Wildman–Crippen LogP) is 3.79. The van der Waals surface area contributed by atoms with E-state index in [1.54, 1.807) is 11.3 Å². The molecule has 1 aliphatic carbocycles. The highest BCUT2D eigenvalue weighted by atomic mass is 32.2. The number of nitrogens with one attached hydrogen (secondary N) is 1. The molecule has 138 valence electrons. The molecule has 0 fully saturated rings. The van der Waals surface area contributed by atoms with Crippen LogP contribution in [0.15, 0.2) is 5.16 Å². The van der Waals surface area contributed by atoms with E-state index in [1.807, 2.05) is 11.5 Å². The molecule has 1 atom stereocenters. The van der Waals surface area contributed by atoms with Crippen molar-refractivity contribution < 1.29 is 4.79 Å². The lowest BCUT2D eigenvalue weighted by molar-refractivity contribution is -0.113. The van der Waals surface area contributed by atoms with Gasteiger partial charge in [-0.1, -0.05) is 25.6 Å². The van der Waals surface area contributed by atoms with Gasteiger partial charge in [0.25, 0.3) is 0 Å². The van der Waals surface area contributed by atoms with E-state index in [-0.39, 0.29) is 11.7 Å². The number of carbonyl (C=O) groups is 1. The predicted molar refractivity (Wildman–Crippen MR) is 105 cm³/mol. The first-order valence-electron chi connectivity index (χ1n) is 8.90. The third-order valence-corrected chi connectivity index (χ3v) is 6.69. The molecule has 0 aliphatic heterocycles. The van der Waals surface area contributed by atoms with Gasteiger partial charge < -0.3 is 9.88 Å². The highest BCUT2D eigenvalue weighted by Crippen LogP contribution is 2.39. The number of rotatable bonds is 6.